The van der Waals surface area contributed by atoms with Crippen molar-refractivity contribution in [2.45, 2.75) is 124 Å². The minimum absolute atomic E-state index is 0.0145. The van der Waals surface area contributed by atoms with Gasteiger partial charge in [0, 0.05) is 43.3 Å². The Kier molecular flexibility index (Phi) is 10.6. The van der Waals surface area contributed by atoms with E-state index in [-0.39, 0.29) is 28.4 Å². The van der Waals surface area contributed by atoms with E-state index in [2.05, 4.69) is 283 Å². The molecule has 4 aliphatic rings. The molecule has 2 aliphatic heterocycles. The molecule has 4 heteroatoms. The van der Waals surface area contributed by atoms with E-state index in [1.165, 1.54) is 149 Å². The Morgan fingerprint density at radius 3 is 1.52 bits per heavy atom. The summed E-state index contributed by atoms with van der Waals surface area (Å²) < 4.78 is 2.72. The topological polar surface area (TPSA) is 6.48 Å². The molecule has 3 heterocycles. The number of anilines is 6. The number of thiophene rings is 1. The zero-order valence-corrected chi connectivity index (χ0v) is 49.4. The lowest BCUT2D eigenvalue weighted by Gasteiger charge is -2.43. The van der Waals surface area contributed by atoms with Crippen molar-refractivity contribution in [3.05, 3.63) is 232 Å². The van der Waals surface area contributed by atoms with Crippen LogP contribution < -0.4 is 25.5 Å². The number of hydrogen-bond acceptors (Lipinski definition) is 3. The van der Waals surface area contributed by atoms with Crippen LogP contribution in [0.1, 0.15) is 139 Å². The standard InChI is InChI=1S/C75H71BN2S/c1-44-26-36-53-54-42-55-66(43-61(54)75(60(53)38-44)56-22-17-15-20-51(56)52-21-16-18-23-57(52)75)79-70-69(55)78(50-34-30-48(31-35-50)72(6,7)8)65-40-45(2)39-64-68(65)76(70)62-37-27-46(67-58(73(9,10)11)24-19-25-59(67)74(12,13)14)41-63(62)77(64)49-32-28-47(29-33-49)71(3,4)5/h15-43H,1-14H3. The van der Waals surface area contributed by atoms with E-state index in [1.54, 1.807) is 0 Å². The van der Waals surface area contributed by atoms with Crippen LogP contribution in [0.2, 0.25) is 0 Å². The van der Waals surface area contributed by atoms with Gasteiger partial charge in [-0.3, -0.25) is 0 Å². The smallest absolute Gasteiger partial charge is 0.264 e. The van der Waals surface area contributed by atoms with E-state index in [0.717, 1.165) is 0 Å². The molecule has 0 fully saturated rings. The van der Waals surface area contributed by atoms with Crippen molar-refractivity contribution in [1.82, 2.24) is 0 Å². The van der Waals surface area contributed by atoms with Crippen LogP contribution in [0.4, 0.5) is 34.1 Å². The van der Waals surface area contributed by atoms with Crippen LogP contribution in [0.25, 0.3) is 43.5 Å². The van der Waals surface area contributed by atoms with Crippen LogP contribution in [0.3, 0.4) is 0 Å². The summed E-state index contributed by atoms with van der Waals surface area (Å²) in [5.74, 6) is 0. The second-order valence-corrected chi connectivity index (χ2v) is 28.6. The maximum atomic E-state index is 2.66. The highest BCUT2D eigenvalue weighted by atomic mass is 32.1. The summed E-state index contributed by atoms with van der Waals surface area (Å²) in [6, 6.07) is 69.4. The van der Waals surface area contributed by atoms with Gasteiger partial charge in [-0.25, -0.2) is 0 Å². The highest BCUT2D eigenvalue weighted by Gasteiger charge is 2.53. The van der Waals surface area contributed by atoms with Crippen LogP contribution in [0, 0.1) is 13.8 Å². The molecule has 1 spiro atoms. The van der Waals surface area contributed by atoms with Crippen molar-refractivity contribution in [1.29, 1.82) is 0 Å². The molecule has 79 heavy (non-hydrogen) atoms. The van der Waals surface area contributed by atoms with Crippen LogP contribution >= 0.6 is 11.3 Å². The largest absolute Gasteiger partial charge is 0.311 e. The van der Waals surface area contributed by atoms with Crippen molar-refractivity contribution >= 4 is 78.0 Å². The number of aryl methyl sites for hydroxylation is 2. The van der Waals surface area contributed by atoms with Crippen molar-refractivity contribution in [3.8, 4) is 33.4 Å². The Morgan fingerprint density at radius 2 is 0.949 bits per heavy atom. The lowest BCUT2D eigenvalue weighted by Crippen LogP contribution is -2.60. The minimum atomic E-state index is -0.440. The molecule has 1 aromatic heterocycles. The van der Waals surface area contributed by atoms with Gasteiger partial charge in [0.2, 0.25) is 0 Å². The summed E-state index contributed by atoms with van der Waals surface area (Å²) >= 11 is 2.02. The maximum absolute atomic E-state index is 2.66. The quantitative estimate of drug-likeness (QED) is 0.163. The average molecular weight is 1040 g/mol. The SMILES string of the molecule is Cc1cc2c3c(c1)N(c1ccc(C(C)(C)C)cc1)c1c(sc4cc5c(cc14)-c1ccc(C)cc1C51c4ccccc4-c4ccccc41)B3c1ccc(-c3c(C(C)(C)C)cccc3C(C)(C)C)cc1N2c1ccc(C(C)(C)C)cc1. The van der Waals surface area contributed by atoms with Gasteiger partial charge < -0.3 is 9.80 Å². The maximum Gasteiger partial charge on any atom is 0.264 e. The van der Waals surface area contributed by atoms with E-state index in [4.69, 9.17) is 0 Å². The molecular formula is C75H71BN2S. The van der Waals surface area contributed by atoms with Gasteiger partial charge in [-0.05, 0) is 184 Å². The number of hydrogen-bond donors (Lipinski definition) is 0. The first-order valence-corrected chi connectivity index (χ1v) is 29.5. The molecule has 0 N–H and O–H groups in total. The summed E-state index contributed by atoms with van der Waals surface area (Å²) in [4.78, 5) is 5.28. The third-order valence-electron chi connectivity index (χ3n) is 18.1. The molecule has 0 saturated carbocycles. The van der Waals surface area contributed by atoms with Crippen LogP contribution in [0.5, 0.6) is 0 Å². The third-order valence-corrected chi connectivity index (χ3v) is 19.3. The lowest BCUT2D eigenvalue weighted by molar-refractivity contribution is 0.572. The molecule has 0 radical (unpaired) electrons. The number of nitrogens with zero attached hydrogens (tertiary/aromatic N) is 2. The fourth-order valence-electron chi connectivity index (χ4n) is 14.4. The highest BCUT2D eigenvalue weighted by Crippen LogP contribution is 2.64. The summed E-state index contributed by atoms with van der Waals surface area (Å²) in [6.45, 7) is 32.7. The van der Waals surface area contributed by atoms with Gasteiger partial charge in [0.05, 0.1) is 11.1 Å². The molecule has 2 aliphatic carbocycles. The van der Waals surface area contributed by atoms with Gasteiger partial charge in [-0.1, -0.05) is 210 Å². The molecule has 390 valence electrons. The normalized spacial score (nSPS) is 14.7. The molecule has 0 saturated heterocycles. The summed E-state index contributed by atoms with van der Waals surface area (Å²) in [5.41, 5.74) is 31.0. The van der Waals surface area contributed by atoms with E-state index in [1.807, 2.05) is 11.3 Å². The molecule has 0 amide bonds. The van der Waals surface area contributed by atoms with Crippen molar-refractivity contribution in [2.75, 3.05) is 9.80 Å². The van der Waals surface area contributed by atoms with Crippen LogP contribution in [-0.2, 0) is 27.1 Å². The van der Waals surface area contributed by atoms with Crippen LogP contribution in [-0.4, -0.2) is 6.71 Å². The van der Waals surface area contributed by atoms with Crippen molar-refractivity contribution < 1.29 is 0 Å². The second-order valence-electron chi connectivity index (χ2n) is 27.5. The Hall–Kier alpha value is -7.40. The molecule has 10 aromatic rings. The predicted molar refractivity (Wildman–Crippen MR) is 342 cm³/mol. The third kappa shape index (κ3) is 7.22. The monoisotopic (exact) mass is 1040 g/mol. The van der Waals surface area contributed by atoms with Crippen molar-refractivity contribution in [2.24, 2.45) is 0 Å². The van der Waals surface area contributed by atoms with E-state index < -0.39 is 5.41 Å². The molecular weight excluding hydrogens is 972 g/mol. The van der Waals surface area contributed by atoms with E-state index >= 15 is 0 Å². The van der Waals surface area contributed by atoms with Crippen molar-refractivity contribution in [3.63, 3.8) is 0 Å². The van der Waals surface area contributed by atoms with E-state index in [0.29, 0.717) is 0 Å². The Balaban J connectivity index is 1.09. The van der Waals surface area contributed by atoms with Gasteiger partial charge in [-0.15, -0.1) is 11.3 Å². The van der Waals surface area contributed by atoms with Gasteiger partial charge >= 0.3 is 0 Å². The van der Waals surface area contributed by atoms with Gasteiger partial charge in [-0.2, -0.15) is 0 Å². The van der Waals surface area contributed by atoms with E-state index in [9.17, 15) is 0 Å². The fourth-order valence-corrected chi connectivity index (χ4v) is 15.7. The molecule has 0 bridgehead atoms. The van der Waals surface area contributed by atoms with Crippen LogP contribution in [0.15, 0.2) is 176 Å². The number of rotatable bonds is 3. The first-order chi connectivity index (χ1) is 37.5. The average Bonchev–Trinajstić information content (AvgIpc) is 2.29. The zero-order chi connectivity index (χ0) is 55.0. The first-order valence-electron chi connectivity index (χ1n) is 28.7. The minimum Gasteiger partial charge on any atom is -0.311 e. The Labute approximate surface area is 473 Å². The molecule has 0 unspecified atom stereocenters. The number of fused-ring (bicyclic) bond motifs is 16. The van der Waals surface area contributed by atoms with Gasteiger partial charge in [0.15, 0.2) is 0 Å². The van der Waals surface area contributed by atoms with Gasteiger partial charge in [0.1, 0.15) is 0 Å². The first kappa shape index (κ1) is 49.9. The zero-order valence-electron chi connectivity index (χ0n) is 48.6. The Morgan fingerprint density at radius 1 is 0.418 bits per heavy atom. The highest BCUT2D eigenvalue weighted by molar-refractivity contribution is 7.33. The molecule has 2 nitrogen and oxygen atoms in total. The number of benzene rings is 9. The second kappa shape index (κ2) is 16.8. The molecule has 9 aromatic carbocycles. The summed E-state index contributed by atoms with van der Waals surface area (Å²) in [7, 11) is 0. The predicted octanol–water partition coefficient (Wildman–Crippen LogP) is 18.8. The molecule has 14 rings (SSSR count). The lowest BCUT2D eigenvalue weighted by atomic mass is 9.36. The fraction of sp³-hybridized carbons (Fsp3) is 0.253. The summed E-state index contributed by atoms with van der Waals surface area (Å²) in [6.07, 6.45) is 0. The molecule has 0 atom stereocenters. The van der Waals surface area contributed by atoms with Gasteiger partial charge in [0.25, 0.3) is 6.71 Å². The summed E-state index contributed by atoms with van der Waals surface area (Å²) in [5, 5.41) is 1.31. The Bertz CT molecular complexity index is 4120.